The van der Waals surface area contributed by atoms with Gasteiger partial charge in [0.1, 0.15) is 18.5 Å². The number of hydrogen-bond donors (Lipinski definition) is 0. The fourth-order valence-electron chi connectivity index (χ4n) is 4.85. The predicted molar refractivity (Wildman–Crippen MR) is 107 cm³/mol. The smallest absolute Gasteiger partial charge is 0.352 e. The van der Waals surface area contributed by atoms with E-state index in [0.717, 1.165) is 37.3 Å². The molecule has 2 aliphatic heterocycles. The van der Waals surface area contributed by atoms with Crippen LogP contribution in [0.2, 0.25) is 0 Å². The molecule has 5 rings (SSSR count). The lowest BCUT2D eigenvalue weighted by Crippen LogP contribution is -2.33. The van der Waals surface area contributed by atoms with Gasteiger partial charge in [-0.2, -0.15) is 4.98 Å². The van der Waals surface area contributed by atoms with Crippen LogP contribution in [0.4, 0.5) is 23.4 Å². The minimum absolute atomic E-state index is 0.0828. The lowest BCUT2D eigenvalue weighted by Gasteiger charge is -2.29. The van der Waals surface area contributed by atoms with E-state index in [2.05, 4.69) is 9.88 Å². The van der Waals surface area contributed by atoms with Crippen molar-refractivity contribution in [3.8, 4) is 11.6 Å². The number of hydrogen-bond acceptors (Lipinski definition) is 5. The van der Waals surface area contributed by atoms with Crippen LogP contribution >= 0.6 is 0 Å². The van der Waals surface area contributed by atoms with Gasteiger partial charge in [0.25, 0.3) is 5.92 Å². The van der Waals surface area contributed by atoms with Gasteiger partial charge < -0.3 is 14.4 Å². The van der Waals surface area contributed by atoms with Crippen molar-refractivity contribution in [1.82, 2.24) is 9.55 Å². The van der Waals surface area contributed by atoms with Crippen molar-refractivity contribution < 1.29 is 27.0 Å². The fourth-order valence-corrected chi connectivity index (χ4v) is 4.85. The van der Waals surface area contributed by atoms with Crippen molar-refractivity contribution in [2.45, 2.75) is 69.7 Å². The van der Waals surface area contributed by atoms with Crippen LogP contribution < -0.4 is 20.1 Å². The number of fused-ring (bicyclic) bond motifs is 3. The zero-order chi connectivity index (χ0) is 22.5. The summed E-state index contributed by atoms with van der Waals surface area (Å²) < 4.78 is 68.5. The summed E-state index contributed by atoms with van der Waals surface area (Å²) in [6.45, 7) is 1.25. The van der Waals surface area contributed by atoms with E-state index in [-0.39, 0.29) is 30.9 Å². The SMILES string of the molecule is O=c1nc(OCc2cc(F)c(OC3CCCC(F)(F)C3)c(F)c2)cc2n1C[C@@H]1CCCN21. The molecular formula is C22H23F4N3O3. The van der Waals surface area contributed by atoms with Gasteiger partial charge in [0.15, 0.2) is 17.4 Å². The van der Waals surface area contributed by atoms with Crippen LogP contribution in [0.15, 0.2) is 23.0 Å². The Bertz CT molecular complexity index is 1070. The van der Waals surface area contributed by atoms with Crippen molar-refractivity contribution in [3.05, 3.63) is 45.9 Å². The van der Waals surface area contributed by atoms with Crippen molar-refractivity contribution in [2.75, 3.05) is 11.4 Å². The van der Waals surface area contributed by atoms with E-state index in [0.29, 0.717) is 19.0 Å². The van der Waals surface area contributed by atoms with Crippen LogP contribution in [0.25, 0.3) is 0 Å². The monoisotopic (exact) mass is 453 g/mol. The molecular weight excluding hydrogens is 430 g/mol. The summed E-state index contributed by atoms with van der Waals surface area (Å²) in [5.74, 6) is -4.70. The molecule has 0 bridgehead atoms. The Morgan fingerprint density at radius 3 is 2.66 bits per heavy atom. The molecule has 1 aliphatic carbocycles. The molecule has 1 unspecified atom stereocenters. The van der Waals surface area contributed by atoms with Crippen LogP contribution in [-0.2, 0) is 13.2 Å². The number of benzene rings is 1. The zero-order valence-corrected chi connectivity index (χ0v) is 17.3. The topological polar surface area (TPSA) is 56.6 Å². The van der Waals surface area contributed by atoms with E-state index in [1.54, 1.807) is 10.6 Å². The molecule has 1 saturated heterocycles. The standard InChI is InChI=1S/C22H23F4N3O3/c23-16-7-13(8-17(24)20(16)32-15-4-1-5-22(25,26)10-15)12-31-18-9-19-28-6-2-3-14(28)11-29(19)21(30)27-18/h7-9,14-15H,1-6,10-12H2/t14-,15?/m0/s1. The van der Waals surface area contributed by atoms with Gasteiger partial charge in [-0.25, -0.2) is 22.4 Å². The molecule has 1 aromatic heterocycles. The molecule has 3 heterocycles. The van der Waals surface area contributed by atoms with E-state index < -0.39 is 41.5 Å². The molecule has 6 nitrogen and oxygen atoms in total. The Labute approximate surface area is 181 Å². The molecule has 0 N–H and O–H groups in total. The first-order valence-corrected chi connectivity index (χ1v) is 10.8. The number of rotatable bonds is 5. The van der Waals surface area contributed by atoms with E-state index >= 15 is 0 Å². The average molecular weight is 453 g/mol. The van der Waals surface area contributed by atoms with Gasteiger partial charge in [0.05, 0.1) is 0 Å². The molecule has 1 saturated carbocycles. The Kier molecular flexibility index (Phi) is 5.25. The number of aromatic nitrogens is 2. The van der Waals surface area contributed by atoms with Gasteiger partial charge in [-0.1, -0.05) is 0 Å². The van der Waals surface area contributed by atoms with Gasteiger partial charge in [0.2, 0.25) is 5.88 Å². The maximum absolute atomic E-state index is 14.5. The van der Waals surface area contributed by atoms with Crippen molar-refractivity contribution in [1.29, 1.82) is 0 Å². The van der Waals surface area contributed by atoms with Gasteiger partial charge in [-0.15, -0.1) is 0 Å². The molecule has 172 valence electrons. The van der Waals surface area contributed by atoms with E-state index in [1.165, 1.54) is 0 Å². The fraction of sp³-hybridized carbons (Fsp3) is 0.545. The van der Waals surface area contributed by atoms with Crippen LogP contribution in [0.5, 0.6) is 11.6 Å². The van der Waals surface area contributed by atoms with Crippen LogP contribution in [0.3, 0.4) is 0 Å². The molecule has 0 radical (unpaired) electrons. The van der Waals surface area contributed by atoms with Gasteiger partial charge in [0, 0.05) is 38.0 Å². The molecule has 1 aromatic carbocycles. The van der Waals surface area contributed by atoms with E-state index in [4.69, 9.17) is 9.47 Å². The van der Waals surface area contributed by atoms with Gasteiger partial charge in [-0.3, -0.25) is 4.57 Å². The summed E-state index contributed by atoms with van der Waals surface area (Å²) in [6, 6.07) is 4.03. The van der Waals surface area contributed by atoms with Crippen LogP contribution in [0.1, 0.15) is 44.1 Å². The molecule has 0 amide bonds. The molecule has 2 fully saturated rings. The van der Waals surface area contributed by atoms with E-state index in [9.17, 15) is 22.4 Å². The molecule has 0 spiro atoms. The van der Waals surface area contributed by atoms with Crippen molar-refractivity contribution in [2.24, 2.45) is 0 Å². The van der Waals surface area contributed by atoms with Crippen LogP contribution in [-0.4, -0.2) is 34.2 Å². The maximum Gasteiger partial charge on any atom is 0.352 e. The number of ether oxygens (including phenoxy) is 2. The molecule has 2 aromatic rings. The summed E-state index contributed by atoms with van der Waals surface area (Å²) in [7, 11) is 0. The quantitative estimate of drug-likeness (QED) is 0.640. The molecule has 10 heteroatoms. The van der Waals surface area contributed by atoms with Crippen molar-refractivity contribution >= 4 is 5.82 Å². The zero-order valence-electron chi connectivity index (χ0n) is 17.3. The third kappa shape index (κ3) is 4.02. The van der Waals surface area contributed by atoms with Gasteiger partial charge >= 0.3 is 5.69 Å². The van der Waals surface area contributed by atoms with E-state index in [1.807, 2.05) is 0 Å². The maximum atomic E-state index is 14.5. The number of alkyl halides is 2. The van der Waals surface area contributed by atoms with Crippen LogP contribution in [0, 0.1) is 11.6 Å². The van der Waals surface area contributed by atoms with Crippen molar-refractivity contribution in [3.63, 3.8) is 0 Å². The summed E-state index contributed by atoms with van der Waals surface area (Å²) in [4.78, 5) is 18.4. The summed E-state index contributed by atoms with van der Waals surface area (Å²) in [5, 5.41) is 0. The third-order valence-electron chi connectivity index (χ3n) is 6.35. The highest BCUT2D eigenvalue weighted by Crippen LogP contribution is 2.37. The number of nitrogens with zero attached hydrogens (tertiary/aromatic N) is 3. The second-order valence-electron chi connectivity index (χ2n) is 8.70. The minimum atomic E-state index is -2.89. The second-order valence-corrected chi connectivity index (χ2v) is 8.70. The predicted octanol–water partition coefficient (Wildman–Crippen LogP) is 4.04. The van der Waals surface area contributed by atoms with Gasteiger partial charge in [-0.05, 0) is 43.4 Å². The Balaban J connectivity index is 1.28. The first-order valence-electron chi connectivity index (χ1n) is 10.8. The Morgan fingerprint density at radius 1 is 1.12 bits per heavy atom. The first-order chi connectivity index (χ1) is 15.3. The highest BCUT2D eigenvalue weighted by atomic mass is 19.3. The summed E-state index contributed by atoms with van der Waals surface area (Å²) >= 11 is 0. The largest absolute Gasteiger partial charge is 0.484 e. The lowest BCUT2D eigenvalue weighted by atomic mass is 9.94. The lowest BCUT2D eigenvalue weighted by molar-refractivity contribution is -0.0707. The molecule has 3 aliphatic rings. The Morgan fingerprint density at radius 2 is 1.91 bits per heavy atom. The highest BCUT2D eigenvalue weighted by molar-refractivity contribution is 5.48. The third-order valence-corrected chi connectivity index (χ3v) is 6.35. The molecule has 32 heavy (non-hydrogen) atoms. The minimum Gasteiger partial charge on any atom is -0.484 e. The number of anilines is 1. The Hall–Kier alpha value is -2.78. The normalized spacial score (nSPS) is 23.7. The molecule has 2 atom stereocenters. The number of halogens is 4. The first kappa shape index (κ1) is 21.1. The summed E-state index contributed by atoms with van der Waals surface area (Å²) in [5.41, 5.74) is -0.250. The highest BCUT2D eigenvalue weighted by Gasteiger charge is 2.38. The summed E-state index contributed by atoms with van der Waals surface area (Å²) in [6.07, 6.45) is 0.880. The average Bonchev–Trinajstić information content (AvgIpc) is 3.31. The second kappa shape index (κ2) is 7.97.